The van der Waals surface area contributed by atoms with E-state index in [2.05, 4.69) is 15.5 Å². The number of nitrogens with two attached hydrogens (primary N) is 1. The molecule has 0 radical (unpaired) electrons. The van der Waals surface area contributed by atoms with Gasteiger partial charge in [0.05, 0.1) is 12.6 Å². The normalized spacial score (nSPS) is 20.0. The van der Waals surface area contributed by atoms with Gasteiger partial charge in [0.15, 0.2) is 0 Å². The number of carbonyl (C=O) groups is 1. The summed E-state index contributed by atoms with van der Waals surface area (Å²) in [6, 6.07) is 9.86. The first-order chi connectivity index (χ1) is 10.8. The van der Waals surface area contributed by atoms with E-state index in [1.54, 1.807) is 0 Å². The van der Waals surface area contributed by atoms with E-state index >= 15 is 0 Å². The Bertz CT molecular complexity index is 637. The molecular weight excluding hydrogens is 336 g/mol. The number of aromatic nitrogens is 2. The summed E-state index contributed by atoms with van der Waals surface area (Å²) in [7, 11) is 0. The molecule has 1 aliphatic rings. The van der Waals surface area contributed by atoms with Gasteiger partial charge in [0, 0.05) is 12.1 Å². The SMILES string of the molecule is Cl.NC[C@H]1CC[C@@H](C(=O)NCc2nnc(-c3ccccc3)s2)O1. The van der Waals surface area contributed by atoms with Crippen molar-refractivity contribution in [2.45, 2.75) is 31.6 Å². The number of carbonyl (C=O) groups excluding carboxylic acids is 1. The molecular formula is C15H19ClN4O2S. The molecule has 3 rings (SSSR count). The predicted octanol–water partition coefficient (Wildman–Crippen LogP) is 1.75. The number of amides is 1. The average Bonchev–Trinajstić information content (AvgIpc) is 3.22. The molecule has 0 saturated carbocycles. The van der Waals surface area contributed by atoms with Gasteiger partial charge in [-0.05, 0) is 12.8 Å². The van der Waals surface area contributed by atoms with Gasteiger partial charge in [0.1, 0.15) is 16.1 Å². The van der Waals surface area contributed by atoms with Crippen molar-refractivity contribution in [3.8, 4) is 10.6 Å². The molecule has 3 N–H and O–H groups in total. The lowest BCUT2D eigenvalue weighted by Gasteiger charge is -2.11. The van der Waals surface area contributed by atoms with E-state index in [4.69, 9.17) is 10.5 Å². The largest absolute Gasteiger partial charge is 0.364 e. The van der Waals surface area contributed by atoms with E-state index in [9.17, 15) is 4.79 Å². The smallest absolute Gasteiger partial charge is 0.249 e. The molecule has 0 unspecified atom stereocenters. The van der Waals surface area contributed by atoms with E-state index in [-0.39, 0.29) is 24.4 Å². The van der Waals surface area contributed by atoms with Crippen molar-refractivity contribution >= 4 is 29.7 Å². The first-order valence-corrected chi connectivity index (χ1v) is 8.09. The maximum absolute atomic E-state index is 12.0. The predicted molar refractivity (Wildman–Crippen MR) is 91.4 cm³/mol. The quantitative estimate of drug-likeness (QED) is 0.853. The van der Waals surface area contributed by atoms with Gasteiger partial charge >= 0.3 is 0 Å². The Hall–Kier alpha value is -1.54. The van der Waals surface area contributed by atoms with Crippen LogP contribution < -0.4 is 11.1 Å². The molecule has 2 heterocycles. The Kier molecular flexibility index (Phi) is 6.47. The molecule has 1 aliphatic heterocycles. The zero-order valence-electron chi connectivity index (χ0n) is 12.5. The zero-order valence-corrected chi connectivity index (χ0v) is 14.1. The van der Waals surface area contributed by atoms with Crippen LogP contribution in [0.3, 0.4) is 0 Å². The molecule has 1 saturated heterocycles. The Balaban J connectivity index is 0.00000192. The van der Waals surface area contributed by atoms with Crippen molar-refractivity contribution in [2.75, 3.05) is 6.54 Å². The molecule has 124 valence electrons. The maximum Gasteiger partial charge on any atom is 0.249 e. The fraction of sp³-hybridized carbons (Fsp3) is 0.400. The first kappa shape index (κ1) is 17.8. The molecule has 0 spiro atoms. The van der Waals surface area contributed by atoms with Crippen molar-refractivity contribution in [2.24, 2.45) is 5.73 Å². The zero-order chi connectivity index (χ0) is 15.4. The van der Waals surface area contributed by atoms with E-state index in [0.29, 0.717) is 13.1 Å². The minimum absolute atomic E-state index is 0. The van der Waals surface area contributed by atoms with Gasteiger partial charge in [0.2, 0.25) is 5.91 Å². The summed E-state index contributed by atoms with van der Waals surface area (Å²) >= 11 is 1.48. The highest BCUT2D eigenvalue weighted by Crippen LogP contribution is 2.23. The number of halogens is 1. The molecule has 2 atom stereocenters. The number of nitrogens with zero attached hydrogens (tertiary/aromatic N) is 2. The number of rotatable bonds is 5. The summed E-state index contributed by atoms with van der Waals surface area (Å²) in [5.74, 6) is -0.104. The lowest BCUT2D eigenvalue weighted by Crippen LogP contribution is -2.35. The highest BCUT2D eigenvalue weighted by atomic mass is 35.5. The summed E-state index contributed by atoms with van der Waals surface area (Å²) in [6.45, 7) is 0.830. The molecule has 8 heteroatoms. The molecule has 1 aromatic carbocycles. The Morgan fingerprint density at radius 2 is 2.09 bits per heavy atom. The van der Waals surface area contributed by atoms with Crippen molar-refractivity contribution in [1.29, 1.82) is 0 Å². The van der Waals surface area contributed by atoms with E-state index in [1.807, 2.05) is 30.3 Å². The topological polar surface area (TPSA) is 90.1 Å². The Morgan fingerprint density at radius 1 is 1.30 bits per heavy atom. The van der Waals surface area contributed by atoms with Crippen LogP contribution in [0.1, 0.15) is 17.8 Å². The van der Waals surface area contributed by atoms with Crippen LogP contribution in [-0.2, 0) is 16.1 Å². The Morgan fingerprint density at radius 3 is 2.78 bits per heavy atom. The van der Waals surface area contributed by atoms with Crippen LogP contribution in [-0.4, -0.2) is 34.9 Å². The van der Waals surface area contributed by atoms with Crippen LogP contribution in [0.4, 0.5) is 0 Å². The minimum Gasteiger partial charge on any atom is -0.364 e. The van der Waals surface area contributed by atoms with Crippen LogP contribution in [0, 0.1) is 0 Å². The second kappa shape index (κ2) is 8.35. The fourth-order valence-corrected chi connectivity index (χ4v) is 3.16. The third-order valence-corrected chi connectivity index (χ3v) is 4.54. The summed E-state index contributed by atoms with van der Waals surface area (Å²) < 4.78 is 5.57. The van der Waals surface area contributed by atoms with Crippen molar-refractivity contribution in [3.63, 3.8) is 0 Å². The summed E-state index contributed by atoms with van der Waals surface area (Å²) in [5.41, 5.74) is 6.58. The van der Waals surface area contributed by atoms with E-state index in [0.717, 1.165) is 28.4 Å². The number of ether oxygens (including phenoxy) is 1. The van der Waals surface area contributed by atoms with Gasteiger partial charge in [-0.1, -0.05) is 41.7 Å². The molecule has 23 heavy (non-hydrogen) atoms. The number of benzene rings is 1. The second-order valence-electron chi connectivity index (χ2n) is 5.14. The molecule has 2 aromatic rings. The molecule has 6 nitrogen and oxygen atoms in total. The minimum atomic E-state index is -0.393. The number of hydrogen-bond acceptors (Lipinski definition) is 6. The van der Waals surface area contributed by atoms with Gasteiger partial charge in [-0.3, -0.25) is 4.79 Å². The fourth-order valence-electron chi connectivity index (χ4n) is 2.37. The lowest BCUT2D eigenvalue weighted by molar-refractivity contribution is -0.132. The third-order valence-electron chi connectivity index (χ3n) is 3.56. The van der Waals surface area contributed by atoms with E-state index < -0.39 is 6.10 Å². The van der Waals surface area contributed by atoms with E-state index in [1.165, 1.54) is 11.3 Å². The molecule has 1 fully saturated rings. The monoisotopic (exact) mass is 354 g/mol. The number of hydrogen-bond donors (Lipinski definition) is 2. The van der Waals surface area contributed by atoms with Crippen molar-refractivity contribution < 1.29 is 9.53 Å². The van der Waals surface area contributed by atoms with Gasteiger partial charge in [0.25, 0.3) is 0 Å². The summed E-state index contributed by atoms with van der Waals surface area (Å²) in [5, 5.41) is 12.8. The maximum atomic E-state index is 12.0. The molecule has 1 amide bonds. The molecule has 0 bridgehead atoms. The first-order valence-electron chi connectivity index (χ1n) is 7.27. The summed E-state index contributed by atoms with van der Waals surface area (Å²) in [6.07, 6.45) is 1.17. The highest BCUT2D eigenvalue weighted by Gasteiger charge is 2.29. The van der Waals surface area contributed by atoms with Gasteiger partial charge < -0.3 is 15.8 Å². The second-order valence-corrected chi connectivity index (χ2v) is 6.21. The standard InChI is InChI=1S/C15H18N4O2S.ClH/c16-8-11-6-7-12(21-11)14(20)17-9-13-18-19-15(22-13)10-4-2-1-3-5-10;/h1-5,11-12H,6-9,16H2,(H,17,20);1H/t11-,12+;/m1./s1. The van der Waals surface area contributed by atoms with Gasteiger partial charge in [-0.25, -0.2) is 0 Å². The highest BCUT2D eigenvalue weighted by molar-refractivity contribution is 7.14. The van der Waals surface area contributed by atoms with Crippen LogP contribution in [0.5, 0.6) is 0 Å². The molecule has 1 aromatic heterocycles. The van der Waals surface area contributed by atoms with Crippen molar-refractivity contribution in [3.05, 3.63) is 35.3 Å². The number of nitrogens with one attached hydrogen (secondary N) is 1. The lowest BCUT2D eigenvalue weighted by atomic mass is 10.2. The third kappa shape index (κ3) is 4.48. The van der Waals surface area contributed by atoms with Crippen molar-refractivity contribution in [1.82, 2.24) is 15.5 Å². The van der Waals surface area contributed by atoms with Crippen LogP contribution in [0.2, 0.25) is 0 Å². The summed E-state index contributed by atoms with van der Waals surface area (Å²) in [4.78, 5) is 12.0. The Labute approximate surface area is 144 Å². The average molecular weight is 355 g/mol. The molecule has 0 aliphatic carbocycles. The van der Waals surface area contributed by atoms with Gasteiger partial charge in [-0.15, -0.1) is 22.6 Å². The van der Waals surface area contributed by atoms with Crippen LogP contribution >= 0.6 is 23.7 Å². The van der Waals surface area contributed by atoms with Crippen LogP contribution in [0.15, 0.2) is 30.3 Å². The van der Waals surface area contributed by atoms with Crippen LogP contribution in [0.25, 0.3) is 10.6 Å². The van der Waals surface area contributed by atoms with Gasteiger partial charge in [-0.2, -0.15) is 0 Å².